The van der Waals surface area contributed by atoms with Crippen molar-refractivity contribution in [1.82, 2.24) is 34.5 Å². The van der Waals surface area contributed by atoms with Gasteiger partial charge in [0.05, 0.1) is 23.1 Å². The van der Waals surface area contributed by atoms with Gasteiger partial charge in [0, 0.05) is 55.3 Å². The Labute approximate surface area is 217 Å². The molecule has 13 heteroatoms. The van der Waals surface area contributed by atoms with Crippen LogP contribution in [0.25, 0.3) is 22.6 Å². The van der Waals surface area contributed by atoms with Gasteiger partial charge in [-0.05, 0) is 44.7 Å². The number of nitrogens with zero attached hydrogens (tertiary/aromatic N) is 7. The number of aliphatic hydroxyl groups is 1. The highest BCUT2D eigenvalue weighted by atomic mass is 19.3. The molecule has 0 unspecified atom stereocenters. The zero-order valence-corrected chi connectivity index (χ0v) is 21.1. The van der Waals surface area contributed by atoms with Crippen molar-refractivity contribution in [3.8, 4) is 22.6 Å². The van der Waals surface area contributed by atoms with Gasteiger partial charge in [0.2, 0.25) is 0 Å². The number of hydrogen-bond acceptors (Lipinski definition) is 9. The summed E-state index contributed by atoms with van der Waals surface area (Å²) in [6, 6.07) is 5.17. The number of hydrogen-bond donors (Lipinski definition) is 3. The van der Waals surface area contributed by atoms with Crippen LogP contribution in [0.1, 0.15) is 39.2 Å². The third kappa shape index (κ3) is 5.94. The second-order valence-electron chi connectivity index (χ2n) is 9.57. The van der Waals surface area contributed by atoms with Crippen LogP contribution in [0.2, 0.25) is 0 Å². The zero-order valence-electron chi connectivity index (χ0n) is 21.1. The van der Waals surface area contributed by atoms with Gasteiger partial charge in [0.25, 0.3) is 0 Å². The highest BCUT2D eigenvalue weighted by Gasteiger charge is 2.29. The Balaban J connectivity index is 1.41. The number of rotatable bonds is 9. The summed E-state index contributed by atoms with van der Waals surface area (Å²) in [5, 5.41) is 25.3. The molecule has 200 valence electrons. The summed E-state index contributed by atoms with van der Waals surface area (Å²) in [6.07, 6.45) is 10.8. The van der Waals surface area contributed by atoms with E-state index in [1.165, 1.54) is 12.3 Å². The number of pyridine rings is 1. The van der Waals surface area contributed by atoms with Crippen LogP contribution in [0.15, 0.2) is 49.2 Å². The molecule has 0 bridgehead atoms. The summed E-state index contributed by atoms with van der Waals surface area (Å²) < 4.78 is 33.6. The standard InChI is InChI=1S/C25H29F2N9O2/c1-25(37)7-3-17(4-8-25)31-20-11-22(29-13-18(20)19-6-10-36(34-19)24(26)27)32-21-5-9-28-23(33-21)16-12-30-35(14-16)15-38-2/h5-6,9-14,17,24,37H,3-4,7-8,15H2,1-2H3,(H2,28,29,31,32,33). The minimum Gasteiger partial charge on any atom is -0.390 e. The number of nitrogens with one attached hydrogen (secondary N) is 2. The maximum atomic E-state index is 13.2. The lowest BCUT2D eigenvalue weighted by Crippen LogP contribution is -2.35. The molecule has 1 saturated carbocycles. The lowest BCUT2D eigenvalue weighted by atomic mass is 9.83. The van der Waals surface area contributed by atoms with E-state index in [-0.39, 0.29) is 6.04 Å². The molecule has 1 aliphatic carbocycles. The van der Waals surface area contributed by atoms with Crippen LogP contribution in [0.5, 0.6) is 0 Å². The number of anilines is 3. The van der Waals surface area contributed by atoms with Gasteiger partial charge >= 0.3 is 6.55 Å². The van der Waals surface area contributed by atoms with Crippen LogP contribution in [-0.4, -0.2) is 58.4 Å². The van der Waals surface area contributed by atoms with Crippen molar-refractivity contribution in [3.63, 3.8) is 0 Å². The quantitative estimate of drug-likeness (QED) is 0.290. The summed E-state index contributed by atoms with van der Waals surface area (Å²) in [5.74, 6) is 1.52. The first-order valence-electron chi connectivity index (χ1n) is 12.2. The topological polar surface area (TPSA) is 128 Å². The monoisotopic (exact) mass is 525 g/mol. The van der Waals surface area contributed by atoms with Crippen LogP contribution in [0.4, 0.5) is 26.1 Å². The minimum atomic E-state index is -2.73. The van der Waals surface area contributed by atoms with E-state index in [1.807, 2.05) is 13.0 Å². The van der Waals surface area contributed by atoms with Crippen LogP contribution < -0.4 is 10.6 Å². The van der Waals surface area contributed by atoms with Crippen molar-refractivity contribution in [2.75, 3.05) is 17.7 Å². The van der Waals surface area contributed by atoms with E-state index >= 15 is 0 Å². The summed E-state index contributed by atoms with van der Waals surface area (Å²) in [6.45, 7) is -0.570. The molecule has 3 N–H and O–H groups in total. The molecule has 0 spiro atoms. The number of methoxy groups -OCH3 is 1. The number of alkyl halides is 2. The molecule has 1 aliphatic rings. The molecule has 5 rings (SSSR count). The first-order valence-corrected chi connectivity index (χ1v) is 12.2. The Hall–Kier alpha value is -3.97. The smallest absolute Gasteiger partial charge is 0.333 e. The molecular weight excluding hydrogens is 496 g/mol. The molecule has 0 radical (unpaired) electrons. The molecule has 0 aliphatic heterocycles. The summed E-state index contributed by atoms with van der Waals surface area (Å²) in [7, 11) is 1.59. The fraction of sp³-hybridized carbons (Fsp3) is 0.400. The molecule has 38 heavy (non-hydrogen) atoms. The Bertz CT molecular complexity index is 1380. The van der Waals surface area contributed by atoms with Crippen LogP contribution >= 0.6 is 0 Å². The van der Waals surface area contributed by atoms with Gasteiger partial charge in [0.1, 0.15) is 18.4 Å². The minimum absolute atomic E-state index is 0.107. The summed E-state index contributed by atoms with van der Waals surface area (Å²) in [5.41, 5.74) is 1.74. The fourth-order valence-corrected chi connectivity index (χ4v) is 4.42. The third-order valence-corrected chi connectivity index (χ3v) is 6.48. The van der Waals surface area contributed by atoms with Crippen LogP contribution in [0.3, 0.4) is 0 Å². The van der Waals surface area contributed by atoms with E-state index in [2.05, 4.69) is 35.8 Å². The van der Waals surface area contributed by atoms with E-state index in [9.17, 15) is 13.9 Å². The molecule has 0 saturated heterocycles. The van der Waals surface area contributed by atoms with E-state index in [0.29, 0.717) is 58.7 Å². The van der Waals surface area contributed by atoms with Gasteiger partial charge in [-0.1, -0.05) is 0 Å². The van der Waals surface area contributed by atoms with Crippen molar-refractivity contribution in [1.29, 1.82) is 0 Å². The number of aromatic nitrogens is 7. The highest BCUT2D eigenvalue weighted by Crippen LogP contribution is 2.34. The van der Waals surface area contributed by atoms with E-state index in [0.717, 1.165) is 18.4 Å². The summed E-state index contributed by atoms with van der Waals surface area (Å²) in [4.78, 5) is 13.4. The van der Waals surface area contributed by atoms with Crippen molar-refractivity contribution >= 4 is 17.3 Å². The van der Waals surface area contributed by atoms with E-state index in [4.69, 9.17) is 4.74 Å². The maximum absolute atomic E-state index is 13.2. The predicted octanol–water partition coefficient (Wildman–Crippen LogP) is 4.45. The largest absolute Gasteiger partial charge is 0.390 e. The van der Waals surface area contributed by atoms with Gasteiger partial charge in [-0.2, -0.15) is 19.0 Å². The third-order valence-electron chi connectivity index (χ3n) is 6.48. The van der Waals surface area contributed by atoms with E-state index in [1.54, 1.807) is 42.6 Å². The van der Waals surface area contributed by atoms with Crippen molar-refractivity contribution in [3.05, 3.63) is 49.2 Å². The van der Waals surface area contributed by atoms with Gasteiger partial charge in [-0.25, -0.2) is 24.3 Å². The lowest BCUT2D eigenvalue weighted by molar-refractivity contribution is 0.0196. The Morgan fingerprint density at radius 3 is 2.74 bits per heavy atom. The molecular formula is C25H29F2N9O2. The number of ether oxygens (including phenoxy) is 1. The zero-order chi connectivity index (χ0) is 26.7. The molecule has 4 heterocycles. The van der Waals surface area contributed by atoms with Gasteiger partial charge in [-0.3, -0.25) is 0 Å². The van der Waals surface area contributed by atoms with E-state index < -0.39 is 12.2 Å². The second kappa shape index (κ2) is 10.8. The van der Waals surface area contributed by atoms with Crippen molar-refractivity contribution < 1.29 is 18.6 Å². The van der Waals surface area contributed by atoms with Crippen molar-refractivity contribution in [2.45, 2.75) is 57.5 Å². The normalized spacial score (nSPS) is 19.6. The molecule has 11 nitrogen and oxygen atoms in total. The predicted molar refractivity (Wildman–Crippen MR) is 137 cm³/mol. The Morgan fingerprint density at radius 1 is 1.18 bits per heavy atom. The molecule has 0 aromatic carbocycles. The lowest BCUT2D eigenvalue weighted by Gasteiger charge is -2.34. The number of halogens is 2. The Kier molecular flexibility index (Phi) is 7.29. The molecule has 0 atom stereocenters. The van der Waals surface area contributed by atoms with Crippen molar-refractivity contribution in [2.24, 2.45) is 0 Å². The molecule has 4 aromatic heterocycles. The highest BCUT2D eigenvalue weighted by molar-refractivity contribution is 5.78. The second-order valence-corrected chi connectivity index (χ2v) is 9.57. The molecule has 0 amide bonds. The fourth-order valence-electron chi connectivity index (χ4n) is 4.42. The van der Waals surface area contributed by atoms with Gasteiger partial charge < -0.3 is 20.5 Å². The van der Waals surface area contributed by atoms with Gasteiger partial charge in [-0.15, -0.1) is 0 Å². The van der Waals surface area contributed by atoms with Crippen LogP contribution in [0, 0.1) is 0 Å². The molecule has 1 fully saturated rings. The van der Waals surface area contributed by atoms with Gasteiger partial charge in [0.15, 0.2) is 5.82 Å². The maximum Gasteiger partial charge on any atom is 0.333 e. The summed E-state index contributed by atoms with van der Waals surface area (Å²) >= 11 is 0. The average Bonchev–Trinajstić information content (AvgIpc) is 3.57. The SMILES string of the molecule is COCn1cc(-c2nccc(Nc3cc(NC4CCC(C)(O)CC4)c(-c4ccn(C(F)F)n4)cn3)n2)cn1. The molecule has 4 aromatic rings. The van der Waals surface area contributed by atoms with Crippen LogP contribution in [-0.2, 0) is 11.5 Å². The first-order chi connectivity index (χ1) is 18.3. The first kappa shape index (κ1) is 25.7. The average molecular weight is 526 g/mol. The Morgan fingerprint density at radius 2 is 2.00 bits per heavy atom.